The molecule has 0 atom stereocenters. The van der Waals surface area contributed by atoms with Crippen molar-refractivity contribution < 1.29 is 4.42 Å². The number of hydrogen-bond acceptors (Lipinski definition) is 2. The minimum Gasteiger partial charge on any atom is -0.456 e. The summed E-state index contributed by atoms with van der Waals surface area (Å²) in [5.74, 6) is 0. The van der Waals surface area contributed by atoms with E-state index in [0.29, 0.717) is 0 Å². The number of dihydropyridines is 1. The van der Waals surface area contributed by atoms with Gasteiger partial charge in [0.15, 0.2) is 0 Å². The lowest BCUT2D eigenvalue weighted by molar-refractivity contribution is 0.647. The topological polar surface area (TPSA) is 30.4 Å². The Morgan fingerprint density at radius 2 is 1.32 bits per heavy atom. The second-order valence-corrected chi connectivity index (χ2v) is 13.5. The summed E-state index contributed by atoms with van der Waals surface area (Å²) in [6.07, 6.45) is 5.37. The highest BCUT2D eigenvalue weighted by Crippen LogP contribution is 2.51. The lowest BCUT2D eigenvalue weighted by Gasteiger charge is -2.22. The van der Waals surface area contributed by atoms with Crippen molar-refractivity contribution in [2.24, 2.45) is 4.99 Å². The van der Waals surface area contributed by atoms with Gasteiger partial charge < -0.3 is 8.98 Å². The van der Waals surface area contributed by atoms with Crippen LogP contribution >= 0.6 is 0 Å². The predicted octanol–water partition coefficient (Wildman–Crippen LogP) is 11.4. The molecule has 47 heavy (non-hydrogen) atoms. The number of rotatable bonds is 3. The van der Waals surface area contributed by atoms with E-state index in [1.807, 2.05) is 6.07 Å². The van der Waals surface area contributed by atoms with Crippen LogP contribution in [0.25, 0.3) is 71.7 Å². The summed E-state index contributed by atoms with van der Waals surface area (Å²) < 4.78 is 8.68. The number of fused-ring (bicyclic) bond motifs is 9. The van der Waals surface area contributed by atoms with Gasteiger partial charge in [0.2, 0.25) is 0 Å². The Morgan fingerprint density at radius 3 is 2.17 bits per heavy atom. The molecule has 0 saturated heterocycles. The molecule has 0 radical (unpaired) electrons. The molecule has 1 aliphatic heterocycles. The molecule has 0 N–H and O–H groups in total. The number of para-hydroxylation sites is 2. The van der Waals surface area contributed by atoms with E-state index in [-0.39, 0.29) is 5.41 Å². The fourth-order valence-electron chi connectivity index (χ4n) is 8.04. The summed E-state index contributed by atoms with van der Waals surface area (Å²) in [4.78, 5) is 4.71. The molecule has 224 valence electrons. The van der Waals surface area contributed by atoms with Gasteiger partial charge in [-0.15, -0.1) is 0 Å². The van der Waals surface area contributed by atoms with Crippen molar-refractivity contribution >= 4 is 49.5 Å². The highest BCUT2D eigenvalue weighted by Gasteiger charge is 2.36. The standard InChI is InChI=1S/C44H32N2O/c1-44(2)37-24-29(16-20-31(37)34-25-36-33-10-4-6-13-42(33)47-43(36)26-38(34)44)28-17-21-41-35(23-28)32-9-3-5-12-40(32)46(41)30-18-14-27(15-19-30)39-11-7-8-22-45-39/h3-7,9-21,23-26H,8,22H2,1-2H3. The van der Waals surface area contributed by atoms with Gasteiger partial charge in [-0.3, -0.25) is 4.99 Å². The Kier molecular flexibility index (Phi) is 5.46. The van der Waals surface area contributed by atoms with Crippen molar-refractivity contribution in [2.45, 2.75) is 25.7 Å². The monoisotopic (exact) mass is 604 g/mol. The average molecular weight is 605 g/mol. The normalized spacial score (nSPS) is 15.1. The van der Waals surface area contributed by atoms with E-state index >= 15 is 0 Å². The van der Waals surface area contributed by atoms with Crippen molar-refractivity contribution in [1.29, 1.82) is 0 Å². The highest BCUT2D eigenvalue weighted by atomic mass is 16.3. The van der Waals surface area contributed by atoms with Gasteiger partial charge in [0.1, 0.15) is 11.2 Å². The van der Waals surface area contributed by atoms with Crippen LogP contribution in [-0.2, 0) is 5.41 Å². The number of aliphatic imine (C=N–C) groups is 1. The second kappa shape index (κ2) is 9.67. The molecule has 0 saturated carbocycles. The van der Waals surface area contributed by atoms with Gasteiger partial charge in [0, 0.05) is 39.2 Å². The first-order valence-corrected chi connectivity index (χ1v) is 16.5. The molecule has 3 heterocycles. The zero-order valence-electron chi connectivity index (χ0n) is 26.4. The summed E-state index contributed by atoms with van der Waals surface area (Å²) in [5.41, 5.74) is 15.4. The first-order valence-electron chi connectivity index (χ1n) is 16.5. The Bertz CT molecular complexity index is 2640. The lowest BCUT2D eigenvalue weighted by Crippen LogP contribution is -2.15. The second-order valence-electron chi connectivity index (χ2n) is 13.5. The van der Waals surface area contributed by atoms with E-state index in [4.69, 9.17) is 9.41 Å². The molecule has 10 rings (SSSR count). The Balaban J connectivity index is 1.09. The van der Waals surface area contributed by atoms with Gasteiger partial charge in [-0.2, -0.15) is 0 Å². The van der Waals surface area contributed by atoms with Crippen molar-refractivity contribution in [3.05, 3.63) is 150 Å². The van der Waals surface area contributed by atoms with Gasteiger partial charge in [0.05, 0.1) is 16.7 Å². The number of aromatic nitrogens is 1. The third kappa shape index (κ3) is 3.83. The maximum absolute atomic E-state index is 6.30. The molecule has 8 aromatic rings. The van der Waals surface area contributed by atoms with E-state index in [2.05, 4.69) is 146 Å². The van der Waals surface area contributed by atoms with Crippen LogP contribution in [0.4, 0.5) is 0 Å². The Morgan fingerprint density at radius 1 is 0.596 bits per heavy atom. The maximum Gasteiger partial charge on any atom is 0.135 e. The Labute approximate surface area is 273 Å². The number of allylic oxidation sites excluding steroid dienone is 1. The lowest BCUT2D eigenvalue weighted by atomic mass is 9.81. The predicted molar refractivity (Wildman–Crippen MR) is 196 cm³/mol. The molecule has 6 aromatic carbocycles. The molecule has 0 fully saturated rings. The number of nitrogens with zero attached hydrogens (tertiary/aromatic N) is 2. The summed E-state index contributed by atoms with van der Waals surface area (Å²) in [5, 5.41) is 4.88. The molecule has 0 unspecified atom stereocenters. The van der Waals surface area contributed by atoms with Crippen LogP contribution in [-0.4, -0.2) is 16.8 Å². The first-order chi connectivity index (χ1) is 23.0. The SMILES string of the molecule is CC1(C)c2cc(-c3ccc4c(c3)c3ccccc3n4-c3ccc(C4=NCCC=C4)cc3)ccc2-c2cc3c(cc21)oc1ccccc13. The first kappa shape index (κ1) is 26.5. The van der Waals surface area contributed by atoms with Crippen molar-refractivity contribution in [3.8, 4) is 27.9 Å². The van der Waals surface area contributed by atoms with Gasteiger partial charge in [-0.1, -0.05) is 86.7 Å². The van der Waals surface area contributed by atoms with E-state index in [0.717, 1.165) is 41.1 Å². The van der Waals surface area contributed by atoms with E-state index < -0.39 is 0 Å². The fourth-order valence-corrected chi connectivity index (χ4v) is 8.04. The van der Waals surface area contributed by atoms with Gasteiger partial charge >= 0.3 is 0 Å². The fraction of sp³-hybridized carbons (Fsp3) is 0.114. The third-order valence-corrected chi connectivity index (χ3v) is 10.5. The van der Waals surface area contributed by atoms with Gasteiger partial charge in [-0.05, 0) is 106 Å². The Hall–Kier alpha value is -5.67. The van der Waals surface area contributed by atoms with Gasteiger partial charge in [0.25, 0.3) is 0 Å². The maximum atomic E-state index is 6.30. The average Bonchev–Trinajstić information content (AvgIpc) is 3.73. The van der Waals surface area contributed by atoms with Crippen LogP contribution in [0.5, 0.6) is 0 Å². The van der Waals surface area contributed by atoms with Crippen molar-refractivity contribution in [3.63, 3.8) is 0 Å². The number of furan rings is 1. The van der Waals surface area contributed by atoms with Crippen LogP contribution < -0.4 is 0 Å². The minimum absolute atomic E-state index is 0.140. The van der Waals surface area contributed by atoms with Crippen LogP contribution in [0.3, 0.4) is 0 Å². The summed E-state index contributed by atoms with van der Waals surface area (Å²) in [6.45, 7) is 5.55. The summed E-state index contributed by atoms with van der Waals surface area (Å²) in [7, 11) is 0. The molecule has 1 aliphatic carbocycles. The highest BCUT2D eigenvalue weighted by molar-refractivity contribution is 6.12. The quantitative estimate of drug-likeness (QED) is 0.197. The third-order valence-electron chi connectivity index (χ3n) is 10.5. The van der Waals surface area contributed by atoms with Crippen LogP contribution in [0.2, 0.25) is 0 Å². The molecular weight excluding hydrogens is 572 g/mol. The minimum atomic E-state index is -0.140. The van der Waals surface area contributed by atoms with Crippen molar-refractivity contribution in [1.82, 2.24) is 4.57 Å². The largest absolute Gasteiger partial charge is 0.456 e. The molecular formula is C44H32N2O. The van der Waals surface area contributed by atoms with Crippen LogP contribution in [0, 0.1) is 0 Å². The molecule has 2 aromatic heterocycles. The zero-order valence-corrected chi connectivity index (χ0v) is 26.4. The summed E-state index contributed by atoms with van der Waals surface area (Å²) in [6, 6.07) is 44.5. The molecule has 0 amide bonds. The van der Waals surface area contributed by atoms with Crippen LogP contribution in [0.15, 0.2) is 143 Å². The molecule has 3 heteroatoms. The molecule has 3 nitrogen and oxygen atoms in total. The van der Waals surface area contributed by atoms with E-state index in [1.165, 1.54) is 66.0 Å². The van der Waals surface area contributed by atoms with Gasteiger partial charge in [-0.25, -0.2) is 0 Å². The van der Waals surface area contributed by atoms with Crippen LogP contribution in [0.1, 0.15) is 37.0 Å². The molecule has 0 bridgehead atoms. The zero-order chi connectivity index (χ0) is 31.3. The van der Waals surface area contributed by atoms with E-state index in [1.54, 1.807) is 0 Å². The van der Waals surface area contributed by atoms with E-state index in [9.17, 15) is 0 Å². The molecule has 0 spiro atoms. The van der Waals surface area contributed by atoms with Crippen molar-refractivity contribution in [2.75, 3.05) is 6.54 Å². The number of hydrogen-bond donors (Lipinski definition) is 0. The summed E-state index contributed by atoms with van der Waals surface area (Å²) >= 11 is 0. The smallest absolute Gasteiger partial charge is 0.135 e. The number of benzene rings is 6. The molecule has 2 aliphatic rings.